The number of esters is 1. The number of amides is 2. The minimum atomic E-state index is -0.771. The molecule has 0 spiro atoms. The summed E-state index contributed by atoms with van der Waals surface area (Å²) in [6, 6.07) is 1.24. The van der Waals surface area contributed by atoms with E-state index in [1.165, 1.54) is 12.0 Å². The van der Waals surface area contributed by atoms with Crippen LogP contribution in [-0.4, -0.2) is 48.9 Å². The fourth-order valence-corrected chi connectivity index (χ4v) is 4.35. The lowest BCUT2D eigenvalue weighted by Crippen LogP contribution is -2.58. The molecule has 1 aliphatic heterocycles. The lowest BCUT2D eigenvalue weighted by Gasteiger charge is -2.37. The molecule has 2 heterocycles. The number of nitrogens with one attached hydrogen (secondary N) is 1. The number of aryl methyl sites for hydroxylation is 1. The highest BCUT2D eigenvalue weighted by atomic mass is 32.1. The topological polar surface area (TPSA) is 75.7 Å². The summed E-state index contributed by atoms with van der Waals surface area (Å²) in [4.78, 5) is 39.6. The van der Waals surface area contributed by atoms with Crippen molar-refractivity contribution in [2.24, 2.45) is 0 Å². The maximum atomic E-state index is 13.0. The average Bonchev–Trinajstić information content (AvgIpc) is 3.04. The van der Waals surface area contributed by atoms with Gasteiger partial charge in [-0.25, -0.2) is 0 Å². The number of carbonyl (C=O) groups excluding carboxylic acids is 3. The predicted molar refractivity (Wildman–Crippen MR) is 85.1 cm³/mol. The van der Waals surface area contributed by atoms with Gasteiger partial charge in [-0.2, -0.15) is 0 Å². The standard InChI is InChI=1S/C16H20N2O4S/c1-22-14(19)9-12-15(20)17-6-7-18(12)16(21)11-3-2-4-13-10(11)5-8-23-13/h5,8,11-12H,2-4,6-7,9H2,1H3,(H,17,20). The zero-order valence-corrected chi connectivity index (χ0v) is 13.9. The zero-order chi connectivity index (χ0) is 16.4. The van der Waals surface area contributed by atoms with Crippen LogP contribution in [0.15, 0.2) is 11.4 Å². The van der Waals surface area contributed by atoms with Crippen molar-refractivity contribution >= 4 is 29.1 Å². The molecule has 2 aliphatic rings. The Morgan fingerprint density at radius 1 is 1.48 bits per heavy atom. The van der Waals surface area contributed by atoms with Crippen molar-refractivity contribution in [3.63, 3.8) is 0 Å². The number of hydrogen-bond donors (Lipinski definition) is 1. The van der Waals surface area contributed by atoms with Crippen molar-refractivity contribution in [3.8, 4) is 0 Å². The van der Waals surface area contributed by atoms with Gasteiger partial charge >= 0.3 is 5.97 Å². The van der Waals surface area contributed by atoms with Crippen LogP contribution in [0.3, 0.4) is 0 Å². The van der Waals surface area contributed by atoms with E-state index < -0.39 is 12.0 Å². The first-order valence-corrected chi connectivity index (χ1v) is 8.71. The highest BCUT2D eigenvalue weighted by Crippen LogP contribution is 2.36. The fraction of sp³-hybridized carbons (Fsp3) is 0.562. The highest BCUT2D eigenvalue weighted by Gasteiger charge is 2.39. The minimum Gasteiger partial charge on any atom is -0.469 e. The van der Waals surface area contributed by atoms with Gasteiger partial charge < -0.3 is 15.0 Å². The van der Waals surface area contributed by atoms with Crippen molar-refractivity contribution in [1.29, 1.82) is 0 Å². The monoisotopic (exact) mass is 336 g/mol. The van der Waals surface area contributed by atoms with Crippen LogP contribution in [0.1, 0.15) is 35.6 Å². The molecule has 0 aromatic carbocycles. The summed E-state index contributed by atoms with van der Waals surface area (Å²) in [5.41, 5.74) is 1.09. The van der Waals surface area contributed by atoms with E-state index in [1.807, 2.05) is 11.4 Å². The number of thiophene rings is 1. The summed E-state index contributed by atoms with van der Waals surface area (Å²) in [5, 5.41) is 4.74. The maximum Gasteiger partial charge on any atom is 0.308 e. The molecule has 0 radical (unpaired) electrons. The van der Waals surface area contributed by atoms with E-state index in [9.17, 15) is 14.4 Å². The summed E-state index contributed by atoms with van der Waals surface area (Å²) in [7, 11) is 1.29. The zero-order valence-electron chi connectivity index (χ0n) is 13.0. The number of piperazine rings is 1. The Kier molecular flexibility index (Phi) is 4.66. The van der Waals surface area contributed by atoms with Crippen LogP contribution in [0.4, 0.5) is 0 Å². The van der Waals surface area contributed by atoms with Crippen molar-refractivity contribution in [3.05, 3.63) is 21.9 Å². The van der Waals surface area contributed by atoms with E-state index in [-0.39, 0.29) is 24.2 Å². The molecule has 3 rings (SSSR count). The molecule has 23 heavy (non-hydrogen) atoms. The molecule has 0 saturated carbocycles. The molecule has 2 unspecified atom stereocenters. The molecule has 1 N–H and O–H groups in total. The number of ether oxygens (including phenoxy) is 1. The molecular formula is C16H20N2O4S. The number of carbonyl (C=O) groups is 3. The summed E-state index contributed by atoms with van der Waals surface area (Å²) < 4.78 is 4.66. The first kappa shape index (κ1) is 16.0. The van der Waals surface area contributed by atoms with Crippen molar-refractivity contribution < 1.29 is 19.1 Å². The second-order valence-electron chi connectivity index (χ2n) is 5.86. The quantitative estimate of drug-likeness (QED) is 0.838. The van der Waals surface area contributed by atoms with Gasteiger partial charge in [-0.3, -0.25) is 14.4 Å². The lowest BCUT2D eigenvalue weighted by molar-refractivity contribution is -0.151. The molecule has 7 heteroatoms. The van der Waals surface area contributed by atoms with Crippen LogP contribution < -0.4 is 5.32 Å². The van der Waals surface area contributed by atoms with Crippen LogP contribution in [0.2, 0.25) is 0 Å². The Labute approximate surface area is 138 Å². The van der Waals surface area contributed by atoms with E-state index in [0.29, 0.717) is 13.1 Å². The van der Waals surface area contributed by atoms with E-state index in [2.05, 4.69) is 10.1 Å². The van der Waals surface area contributed by atoms with E-state index in [1.54, 1.807) is 16.2 Å². The third-order valence-corrected chi connectivity index (χ3v) is 5.55. The van der Waals surface area contributed by atoms with Crippen LogP contribution in [0, 0.1) is 0 Å². The van der Waals surface area contributed by atoms with Gasteiger partial charge in [0.25, 0.3) is 0 Å². The summed E-state index contributed by atoms with van der Waals surface area (Å²) in [5.74, 6) is -1.01. The molecule has 1 saturated heterocycles. The Balaban J connectivity index is 1.82. The fourth-order valence-electron chi connectivity index (χ4n) is 3.37. The van der Waals surface area contributed by atoms with Gasteiger partial charge in [-0.15, -0.1) is 11.3 Å². The number of hydrogen-bond acceptors (Lipinski definition) is 5. The SMILES string of the molecule is COC(=O)CC1C(=O)NCCN1C(=O)C1CCCc2sccc21. The van der Waals surface area contributed by atoms with Crippen molar-refractivity contribution in [2.45, 2.75) is 37.6 Å². The normalized spacial score (nSPS) is 23.9. The van der Waals surface area contributed by atoms with Crippen molar-refractivity contribution in [1.82, 2.24) is 10.2 Å². The molecule has 0 bridgehead atoms. The minimum absolute atomic E-state index is 0.0481. The highest BCUT2D eigenvalue weighted by molar-refractivity contribution is 7.10. The lowest BCUT2D eigenvalue weighted by atomic mass is 9.86. The second kappa shape index (κ2) is 6.70. The van der Waals surface area contributed by atoms with E-state index >= 15 is 0 Å². The van der Waals surface area contributed by atoms with Gasteiger partial charge in [-0.1, -0.05) is 0 Å². The summed E-state index contributed by atoms with van der Waals surface area (Å²) in [6.07, 6.45) is 2.69. The third kappa shape index (κ3) is 3.10. The number of fused-ring (bicyclic) bond motifs is 1. The van der Waals surface area contributed by atoms with E-state index in [4.69, 9.17) is 0 Å². The van der Waals surface area contributed by atoms with Gasteiger partial charge in [0, 0.05) is 18.0 Å². The molecule has 2 atom stereocenters. The van der Waals surface area contributed by atoms with Gasteiger partial charge in [-0.05, 0) is 36.3 Å². The molecule has 1 aromatic rings. The summed E-state index contributed by atoms with van der Waals surface area (Å²) in [6.45, 7) is 0.855. The predicted octanol–water partition coefficient (Wildman–Crippen LogP) is 1.06. The Hall–Kier alpha value is -1.89. The smallest absolute Gasteiger partial charge is 0.308 e. The van der Waals surface area contributed by atoms with E-state index in [0.717, 1.165) is 24.8 Å². The van der Waals surface area contributed by atoms with Crippen LogP contribution in [-0.2, 0) is 25.5 Å². The van der Waals surface area contributed by atoms with Gasteiger partial charge in [0.05, 0.1) is 19.4 Å². The second-order valence-corrected chi connectivity index (χ2v) is 6.86. The molecule has 1 aromatic heterocycles. The van der Waals surface area contributed by atoms with Gasteiger partial charge in [0.1, 0.15) is 6.04 Å². The Morgan fingerprint density at radius 3 is 3.09 bits per heavy atom. The first-order chi connectivity index (χ1) is 11.1. The molecule has 6 nitrogen and oxygen atoms in total. The molecule has 1 aliphatic carbocycles. The third-order valence-electron chi connectivity index (χ3n) is 4.55. The van der Waals surface area contributed by atoms with Gasteiger partial charge in [0.2, 0.25) is 11.8 Å². The molecule has 124 valence electrons. The molecule has 2 amide bonds. The first-order valence-electron chi connectivity index (χ1n) is 7.83. The molecule has 1 fully saturated rings. The molecular weight excluding hydrogens is 316 g/mol. The Bertz CT molecular complexity index is 627. The Morgan fingerprint density at radius 2 is 2.30 bits per heavy atom. The average molecular weight is 336 g/mol. The van der Waals surface area contributed by atoms with Crippen molar-refractivity contribution in [2.75, 3.05) is 20.2 Å². The van der Waals surface area contributed by atoms with Crippen LogP contribution >= 0.6 is 11.3 Å². The van der Waals surface area contributed by atoms with Gasteiger partial charge in [0.15, 0.2) is 0 Å². The van der Waals surface area contributed by atoms with Crippen LogP contribution in [0.25, 0.3) is 0 Å². The number of nitrogens with zero attached hydrogens (tertiary/aromatic N) is 1. The maximum absolute atomic E-state index is 13.0. The summed E-state index contributed by atoms with van der Waals surface area (Å²) >= 11 is 1.68. The number of methoxy groups -OCH3 is 1. The van der Waals surface area contributed by atoms with Crippen LogP contribution in [0.5, 0.6) is 0 Å². The largest absolute Gasteiger partial charge is 0.469 e. The number of rotatable bonds is 3.